The zero-order valence-corrected chi connectivity index (χ0v) is 5.63. The van der Waals surface area contributed by atoms with Gasteiger partial charge in [-0.15, -0.1) is 0 Å². The summed E-state index contributed by atoms with van der Waals surface area (Å²) in [5.74, 6) is 0.329. The maximum absolute atomic E-state index is 10.9. The second kappa shape index (κ2) is 2.21. The fraction of sp³-hybridized carbons (Fsp3) is 0.571. The van der Waals surface area contributed by atoms with Gasteiger partial charge in [-0.1, -0.05) is 6.58 Å². The molecular formula is C7H11NO. The summed E-state index contributed by atoms with van der Waals surface area (Å²) in [5.41, 5.74) is 0. The molecule has 0 radical (unpaired) electrons. The summed E-state index contributed by atoms with van der Waals surface area (Å²) in [6, 6.07) is 0.0718. The number of nitrogens with zero attached hydrogens (tertiary/aromatic N) is 1. The number of carbonyl (C=O) groups excluding carboxylic acids is 1. The summed E-state index contributed by atoms with van der Waals surface area (Å²) in [7, 11) is 0. The van der Waals surface area contributed by atoms with Gasteiger partial charge in [0.25, 0.3) is 0 Å². The molecule has 2 heteroatoms. The molecule has 1 atom stereocenters. The Labute approximate surface area is 55.2 Å². The largest absolute Gasteiger partial charge is 0.368 e. The molecule has 1 heterocycles. The van der Waals surface area contributed by atoms with Crippen molar-refractivity contribution in [3.8, 4) is 0 Å². The summed E-state index contributed by atoms with van der Waals surface area (Å²) >= 11 is 0. The highest BCUT2D eigenvalue weighted by atomic mass is 16.1. The molecule has 1 aliphatic heterocycles. The fourth-order valence-electron chi connectivity index (χ4n) is 1.08. The van der Waals surface area contributed by atoms with Crippen molar-refractivity contribution in [1.29, 1.82) is 0 Å². The van der Waals surface area contributed by atoms with E-state index >= 15 is 0 Å². The molecule has 50 valence electrons. The lowest BCUT2D eigenvalue weighted by Gasteiger charge is -2.15. The van der Waals surface area contributed by atoms with E-state index in [-0.39, 0.29) is 6.04 Å². The first kappa shape index (κ1) is 6.33. The monoisotopic (exact) mass is 125 g/mol. The highest BCUT2D eigenvalue weighted by Gasteiger charge is 2.24. The van der Waals surface area contributed by atoms with E-state index in [9.17, 15) is 4.79 Å². The van der Waals surface area contributed by atoms with E-state index in [2.05, 4.69) is 6.58 Å². The van der Waals surface area contributed by atoms with E-state index in [1.807, 2.05) is 11.8 Å². The van der Waals surface area contributed by atoms with Crippen molar-refractivity contribution >= 4 is 5.78 Å². The maximum atomic E-state index is 10.9. The lowest BCUT2D eigenvalue weighted by Crippen LogP contribution is -2.24. The minimum Gasteiger partial charge on any atom is -0.368 e. The Bertz CT molecular complexity index is 142. The van der Waals surface area contributed by atoms with Gasteiger partial charge in [0.2, 0.25) is 0 Å². The normalized spacial score (nSPS) is 27.0. The summed E-state index contributed by atoms with van der Waals surface area (Å²) < 4.78 is 0. The summed E-state index contributed by atoms with van der Waals surface area (Å²) in [6.07, 6.45) is 2.42. The zero-order chi connectivity index (χ0) is 6.85. The third-order valence-corrected chi connectivity index (χ3v) is 1.81. The second-order valence-electron chi connectivity index (χ2n) is 2.31. The second-order valence-corrected chi connectivity index (χ2v) is 2.31. The Balaban J connectivity index is 2.61. The first-order chi connectivity index (χ1) is 4.25. The molecule has 0 aromatic rings. The molecule has 0 aromatic carbocycles. The van der Waals surface area contributed by atoms with Gasteiger partial charge in [0, 0.05) is 13.0 Å². The van der Waals surface area contributed by atoms with Crippen molar-refractivity contribution < 1.29 is 4.79 Å². The van der Waals surface area contributed by atoms with E-state index in [0.717, 1.165) is 6.54 Å². The van der Waals surface area contributed by atoms with Gasteiger partial charge in [0.1, 0.15) is 0 Å². The van der Waals surface area contributed by atoms with E-state index < -0.39 is 0 Å². The standard InChI is InChI=1S/C7H11NO/c1-3-8-5-4-7(9)6(8)2/h3,6H,1,4-5H2,2H3. The molecule has 0 spiro atoms. The number of carbonyl (C=O) groups is 1. The van der Waals surface area contributed by atoms with Gasteiger partial charge >= 0.3 is 0 Å². The highest BCUT2D eigenvalue weighted by Crippen LogP contribution is 2.11. The van der Waals surface area contributed by atoms with Crippen LogP contribution < -0.4 is 0 Å². The Hall–Kier alpha value is -0.790. The van der Waals surface area contributed by atoms with Crippen LogP contribution in [0.1, 0.15) is 13.3 Å². The van der Waals surface area contributed by atoms with Crippen molar-refractivity contribution in [3.63, 3.8) is 0 Å². The van der Waals surface area contributed by atoms with Gasteiger partial charge in [0.15, 0.2) is 5.78 Å². The van der Waals surface area contributed by atoms with Crippen LogP contribution in [0.2, 0.25) is 0 Å². The minimum atomic E-state index is 0.0718. The molecule has 1 rings (SSSR count). The Morgan fingerprint density at radius 2 is 2.56 bits per heavy atom. The van der Waals surface area contributed by atoms with Crippen LogP contribution >= 0.6 is 0 Å². The molecule has 9 heavy (non-hydrogen) atoms. The lowest BCUT2D eigenvalue weighted by atomic mass is 10.2. The summed E-state index contributed by atoms with van der Waals surface area (Å²) in [4.78, 5) is 12.8. The number of rotatable bonds is 1. The minimum absolute atomic E-state index is 0.0718. The zero-order valence-electron chi connectivity index (χ0n) is 5.63. The van der Waals surface area contributed by atoms with Crippen molar-refractivity contribution in [2.24, 2.45) is 0 Å². The molecule has 1 unspecified atom stereocenters. The van der Waals surface area contributed by atoms with Crippen LogP contribution in [-0.2, 0) is 4.79 Å². The van der Waals surface area contributed by atoms with Crippen LogP contribution in [0, 0.1) is 0 Å². The predicted molar refractivity (Wildman–Crippen MR) is 36.0 cm³/mol. The smallest absolute Gasteiger partial charge is 0.156 e. The van der Waals surface area contributed by atoms with Crippen LogP contribution in [0.25, 0.3) is 0 Å². The highest BCUT2D eigenvalue weighted by molar-refractivity contribution is 5.85. The average Bonchev–Trinajstić information content (AvgIpc) is 2.15. The first-order valence-corrected chi connectivity index (χ1v) is 3.16. The van der Waals surface area contributed by atoms with Gasteiger partial charge < -0.3 is 4.90 Å². The van der Waals surface area contributed by atoms with Crippen molar-refractivity contribution in [2.45, 2.75) is 19.4 Å². The number of hydrogen-bond acceptors (Lipinski definition) is 2. The van der Waals surface area contributed by atoms with Crippen LogP contribution in [0.5, 0.6) is 0 Å². The lowest BCUT2D eigenvalue weighted by molar-refractivity contribution is -0.119. The molecule has 0 bridgehead atoms. The van der Waals surface area contributed by atoms with Crippen LogP contribution in [0.15, 0.2) is 12.8 Å². The van der Waals surface area contributed by atoms with Gasteiger partial charge in [-0.2, -0.15) is 0 Å². The predicted octanol–water partition coefficient (Wildman–Crippen LogP) is 0.793. The molecule has 2 nitrogen and oxygen atoms in total. The topological polar surface area (TPSA) is 20.3 Å². The van der Waals surface area contributed by atoms with E-state index in [4.69, 9.17) is 0 Å². The Kier molecular flexibility index (Phi) is 1.56. The Morgan fingerprint density at radius 1 is 1.89 bits per heavy atom. The SMILES string of the molecule is C=CN1CCC(=O)C1C. The number of ketones is 1. The molecule has 0 N–H and O–H groups in total. The molecule has 0 saturated carbocycles. The molecule has 0 amide bonds. The van der Waals surface area contributed by atoms with Crippen LogP contribution in [0.3, 0.4) is 0 Å². The molecule has 1 saturated heterocycles. The van der Waals surface area contributed by atoms with E-state index in [0.29, 0.717) is 12.2 Å². The van der Waals surface area contributed by atoms with Crippen LogP contribution in [-0.4, -0.2) is 23.3 Å². The van der Waals surface area contributed by atoms with Gasteiger partial charge in [-0.3, -0.25) is 4.79 Å². The van der Waals surface area contributed by atoms with Crippen molar-refractivity contribution in [3.05, 3.63) is 12.8 Å². The van der Waals surface area contributed by atoms with Gasteiger partial charge in [0.05, 0.1) is 6.04 Å². The first-order valence-electron chi connectivity index (χ1n) is 3.16. The molecule has 1 fully saturated rings. The van der Waals surface area contributed by atoms with Crippen molar-refractivity contribution in [2.75, 3.05) is 6.54 Å². The summed E-state index contributed by atoms with van der Waals surface area (Å²) in [5, 5.41) is 0. The van der Waals surface area contributed by atoms with Gasteiger partial charge in [-0.25, -0.2) is 0 Å². The number of hydrogen-bond donors (Lipinski definition) is 0. The molecule has 1 aliphatic rings. The molecule has 0 aliphatic carbocycles. The third kappa shape index (κ3) is 0.969. The van der Waals surface area contributed by atoms with Gasteiger partial charge in [-0.05, 0) is 13.1 Å². The number of Topliss-reactive ketones (excluding diaryl/α,β-unsaturated/α-hetero) is 1. The number of likely N-dealkylation sites (tertiary alicyclic amines) is 1. The third-order valence-electron chi connectivity index (χ3n) is 1.81. The quantitative estimate of drug-likeness (QED) is 0.516. The average molecular weight is 125 g/mol. The maximum Gasteiger partial charge on any atom is 0.156 e. The van der Waals surface area contributed by atoms with E-state index in [1.54, 1.807) is 6.20 Å². The van der Waals surface area contributed by atoms with Crippen molar-refractivity contribution in [1.82, 2.24) is 4.90 Å². The summed E-state index contributed by atoms with van der Waals surface area (Å²) in [6.45, 7) is 6.37. The molecule has 0 aromatic heterocycles. The fourth-order valence-corrected chi connectivity index (χ4v) is 1.08. The van der Waals surface area contributed by atoms with E-state index in [1.165, 1.54) is 0 Å². The Morgan fingerprint density at radius 3 is 2.78 bits per heavy atom. The van der Waals surface area contributed by atoms with Crippen LogP contribution in [0.4, 0.5) is 0 Å². The molecular weight excluding hydrogens is 114 g/mol.